The van der Waals surface area contributed by atoms with Gasteiger partial charge < -0.3 is 44.1 Å². The number of halogens is 7. The van der Waals surface area contributed by atoms with Gasteiger partial charge in [0, 0.05) is 150 Å². The van der Waals surface area contributed by atoms with E-state index in [0.717, 1.165) is 161 Å². The Bertz CT molecular complexity index is 3480. The molecule has 3 N–H and O–H groups in total. The third-order valence-electron chi connectivity index (χ3n) is 14.6. The maximum atomic E-state index is 12.1. The second kappa shape index (κ2) is 29.2. The number of hydrogen-bond acceptors (Lipinski definition) is 16. The summed E-state index contributed by atoms with van der Waals surface area (Å²) in [6, 6.07) is 19.1. The second-order valence-corrected chi connectivity index (χ2v) is 29.5. The lowest BCUT2D eigenvalue weighted by Gasteiger charge is -2.36. The Morgan fingerprint density at radius 1 is 0.706 bits per heavy atom. The molecule has 12 rings (SSSR count). The van der Waals surface area contributed by atoms with Crippen molar-refractivity contribution in [1.29, 1.82) is 0 Å². The number of nitrogens with one attached hydrogen (secondary N) is 1. The Balaban J connectivity index is 0.000000142. The molecule has 8 heterocycles. The van der Waals surface area contributed by atoms with E-state index >= 15 is 0 Å². The number of carbonyl (C=O) groups is 1. The third-order valence-corrected chi connectivity index (χ3v) is 19.0. The molecule has 85 heavy (non-hydrogen) atoms. The first kappa shape index (κ1) is 66.2. The first-order valence-electron chi connectivity index (χ1n) is 28.0. The van der Waals surface area contributed by atoms with Crippen LogP contribution in [0.15, 0.2) is 80.3 Å². The normalized spacial score (nSPS) is 20.1. The van der Waals surface area contributed by atoms with Crippen molar-refractivity contribution in [2.45, 2.75) is 95.9 Å². The number of aliphatic hydroxyl groups is 2. The molecular weight excluding hydrogens is 1410 g/mol. The number of aromatic nitrogens is 1. The smallest absolute Gasteiger partial charge is 0.410 e. The number of hydrogen-bond donors (Lipinski definition) is 3. The van der Waals surface area contributed by atoms with Gasteiger partial charge in [0.05, 0.1) is 42.6 Å². The van der Waals surface area contributed by atoms with E-state index in [4.69, 9.17) is 79.4 Å². The average molecular weight is 1480 g/mol. The van der Waals surface area contributed by atoms with Crippen LogP contribution in [0.2, 0.25) is 20.1 Å². The highest BCUT2D eigenvalue weighted by molar-refractivity contribution is 9.11. The fourth-order valence-electron chi connectivity index (χ4n) is 10.7. The zero-order chi connectivity index (χ0) is 60.9. The molecule has 2 fully saturated rings. The quantitative estimate of drug-likeness (QED) is 0.104. The summed E-state index contributed by atoms with van der Waals surface area (Å²) in [5.74, 6) is 3.36. The highest BCUT2D eigenvalue weighted by Crippen LogP contribution is 2.46. The minimum Gasteiger partial charge on any atom is -0.488 e. The molecule has 2 saturated heterocycles. The molecular formula is C60H68Br3Cl4N5O11S2. The van der Waals surface area contributed by atoms with E-state index < -0.39 is 21.8 Å². The van der Waals surface area contributed by atoms with Crippen molar-refractivity contribution < 1.29 is 51.3 Å². The largest absolute Gasteiger partial charge is 0.488 e. The lowest BCUT2D eigenvalue weighted by atomic mass is 10.0. The number of piperazine rings is 2. The molecule has 2 aromatic heterocycles. The SMILES string of the molecule is CC(C)(C)OC(=O)N1CCN(CC2Cc3cc(Cl)cc(Br)c3O2)CC1.CCC(O)c1cc2nccc(-c3cc(Cl)cc4c3OC(CN3CCNCC3)C4)c2s1.CS(=O)(=O)OCC1Cc2cc(Cl)cc(Br)c2O1.OCC1Cc2cc(Cl)cc(Br)c2O1. The monoisotopic (exact) mass is 1480 g/mol. The fraction of sp³-hybridized carbons (Fsp3) is 0.467. The van der Waals surface area contributed by atoms with Crippen molar-refractivity contribution >= 4 is 132 Å². The Morgan fingerprint density at radius 2 is 1.18 bits per heavy atom. The van der Waals surface area contributed by atoms with E-state index in [-0.39, 0.29) is 43.7 Å². The molecule has 4 aromatic carbocycles. The molecule has 0 saturated carbocycles. The summed E-state index contributed by atoms with van der Waals surface area (Å²) in [5, 5.41) is 25.4. The first-order valence-corrected chi connectivity index (χ1v) is 34.5. The third kappa shape index (κ3) is 17.8. The van der Waals surface area contributed by atoms with E-state index in [0.29, 0.717) is 41.7 Å². The molecule has 0 spiro atoms. The number of carbonyl (C=O) groups excluding carboxylic acids is 1. The molecule has 0 radical (unpaired) electrons. The van der Waals surface area contributed by atoms with Crippen molar-refractivity contribution in [3.8, 4) is 34.1 Å². The number of amides is 1. The standard InChI is InChI=1S/C23H26ClN3O2S.C18H24BrClN2O3.C10H10BrClO4S.C9H8BrClO2/c1-2-20(28)21-12-19-23(30-21)17(3-4-26-19)18-11-15(24)9-14-10-16(29-22(14)18)13-27-7-5-25-6-8-27;1-18(2,3)25-17(23)22-6-4-21(5-7-22)11-14-9-12-8-13(20)10-15(19)16(12)24-14;1-17(13,14)15-5-8-3-6-2-7(12)4-9(11)10(6)16-8;10-8-3-6(11)1-5-2-7(4-12)13-9(5)8/h3-4,9,11-12,16,20,25,28H,2,5-8,10,13H2,1H3;8,10,14H,4-7,9,11H2,1-3H3;2,4,8H,3,5H2,1H3;1,3,7,12H,2,4H2. The van der Waals surface area contributed by atoms with E-state index in [1.165, 1.54) is 5.56 Å². The predicted octanol–water partition coefficient (Wildman–Crippen LogP) is 13.0. The average Bonchev–Trinajstić information content (AvgIpc) is 3.51. The van der Waals surface area contributed by atoms with Crippen LogP contribution in [0, 0.1) is 0 Å². The Labute approximate surface area is 546 Å². The number of thiophene rings is 1. The summed E-state index contributed by atoms with van der Waals surface area (Å²) >= 11 is 36.3. The van der Waals surface area contributed by atoms with E-state index in [1.54, 1.807) is 28.4 Å². The van der Waals surface area contributed by atoms with Crippen molar-refractivity contribution in [2.24, 2.45) is 0 Å². The van der Waals surface area contributed by atoms with E-state index in [2.05, 4.69) is 67.9 Å². The maximum Gasteiger partial charge on any atom is 0.410 e. The highest BCUT2D eigenvalue weighted by atomic mass is 79.9. The van der Waals surface area contributed by atoms with Gasteiger partial charge in [0.25, 0.3) is 10.1 Å². The van der Waals surface area contributed by atoms with Crippen LogP contribution in [0.1, 0.15) is 67.4 Å². The maximum absolute atomic E-state index is 12.1. The molecule has 5 atom stereocenters. The van der Waals surface area contributed by atoms with Gasteiger partial charge in [0.15, 0.2) is 0 Å². The van der Waals surface area contributed by atoms with Crippen molar-refractivity contribution in [3.05, 3.63) is 128 Å². The lowest BCUT2D eigenvalue weighted by molar-refractivity contribution is 0.0118. The molecule has 16 nitrogen and oxygen atoms in total. The Kier molecular flexibility index (Phi) is 22.7. The van der Waals surface area contributed by atoms with Gasteiger partial charge in [0.2, 0.25) is 0 Å². The van der Waals surface area contributed by atoms with Crippen LogP contribution in [0.3, 0.4) is 0 Å². The highest BCUT2D eigenvalue weighted by Gasteiger charge is 2.33. The summed E-state index contributed by atoms with van der Waals surface area (Å²) in [6.45, 7) is 16.7. The molecule has 6 aromatic rings. The first-order chi connectivity index (χ1) is 40.4. The molecule has 6 aliphatic rings. The number of fused-ring (bicyclic) bond motifs is 5. The van der Waals surface area contributed by atoms with Gasteiger partial charge in [-0.25, -0.2) is 4.79 Å². The van der Waals surface area contributed by atoms with Crippen molar-refractivity contribution in [2.75, 3.05) is 84.9 Å². The molecule has 6 aliphatic heterocycles. The van der Waals surface area contributed by atoms with Crippen LogP contribution in [0.5, 0.6) is 23.0 Å². The molecule has 460 valence electrons. The Hall–Kier alpha value is -3.23. The fourth-order valence-corrected chi connectivity index (χ4v) is 15.4. The van der Waals surface area contributed by atoms with Crippen molar-refractivity contribution in [3.63, 3.8) is 0 Å². The van der Waals surface area contributed by atoms with Gasteiger partial charge in [-0.05, 0) is 141 Å². The molecule has 0 aliphatic carbocycles. The number of aliphatic hydroxyl groups excluding tert-OH is 2. The van der Waals surface area contributed by atoms with Gasteiger partial charge in [-0.2, -0.15) is 8.42 Å². The zero-order valence-corrected chi connectivity index (χ0v) is 57.0. The van der Waals surface area contributed by atoms with Gasteiger partial charge in [-0.3, -0.25) is 19.0 Å². The molecule has 5 unspecified atom stereocenters. The van der Waals surface area contributed by atoms with Gasteiger partial charge >= 0.3 is 6.09 Å². The van der Waals surface area contributed by atoms with Crippen LogP contribution in [-0.2, 0) is 44.7 Å². The van der Waals surface area contributed by atoms with Crippen LogP contribution in [-0.4, -0.2) is 159 Å². The van der Waals surface area contributed by atoms with Crippen LogP contribution >= 0.6 is 106 Å². The van der Waals surface area contributed by atoms with Crippen molar-refractivity contribution in [1.82, 2.24) is 25.0 Å². The van der Waals surface area contributed by atoms with Crippen LogP contribution in [0.4, 0.5) is 4.79 Å². The zero-order valence-electron chi connectivity index (χ0n) is 47.6. The number of nitrogens with zero attached hydrogens (tertiary/aromatic N) is 4. The number of pyridine rings is 1. The summed E-state index contributed by atoms with van der Waals surface area (Å²) in [7, 11) is -3.44. The summed E-state index contributed by atoms with van der Waals surface area (Å²) in [4.78, 5) is 24.2. The topological polar surface area (TPSA) is 182 Å². The van der Waals surface area contributed by atoms with E-state index in [9.17, 15) is 18.3 Å². The number of rotatable bonds is 11. The van der Waals surface area contributed by atoms with Gasteiger partial charge in [-0.15, -0.1) is 11.3 Å². The summed E-state index contributed by atoms with van der Waals surface area (Å²) < 4.78 is 59.1. The van der Waals surface area contributed by atoms with Gasteiger partial charge in [0.1, 0.15) is 59.6 Å². The molecule has 1 amide bonds. The number of benzene rings is 4. The Morgan fingerprint density at radius 3 is 1.69 bits per heavy atom. The summed E-state index contributed by atoms with van der Waals surface area (Å²) in [6.07, 6.45) is 5.75. The van der Waals surface area contributed by atoms with Crippen LogP contribution < -0.4 is 24.3 Å². The van der Waals surface area contributed by atoms with Crippen LogP contribution in [0.25, 0.3) is 21.3 Å². The van der Waals surface area contributed by atoms with Gasteiger partial charge in [-0.1, -0.05) is 53.3 Å². The molecule has 25 heteroatoms. The minimum absolute atomic E-state index is 0.0115. The number of ether oxygens (including phenoxy) is 5. The van der Waals surface area contributed by atoms with E-state index in [1.807, 2.05) is 82.4 Å². The predicted molar refractivity (Wildman–Crippen MR) is 347 cm³/mol. The lowest BCUT2D eigenvalue weighted by Crippen LogP contribution is -2.51. The second-order valence-electron chi connectivity index (χ2n) is 22.5. The molecule has 0 bridgehead atoms. The summed E-state index contributed by atoms with van der Waals surface area (Å²) in [5.41, 5.74) is 6.87. The minimum atomic E-state index is -3.44.